The van der Waals surface area contributed by atoms with Crippen molar-refractivity contribution in [1.29, 1.82) is 0 Å². The summed E-state index contributed by atoms with van der Waals surface area (Å²) >= 11 is 1.79. The summed E-state index contributed by atoms with van der Waals surface area (Å²) < 4.78 is 0. The fourth-order valence-electron chi connectivity index (χ4n) is 3.31. The van der Waals surface area contributed by atoms with Gasteiger partial charge in [-0.2, -0.15) is 0 Å². The van der Waals surface area contributed by atoms with E-state index in [1.807, 2.05) is 0 Å². The summed E-state index contributed by atoms with van der Waals surface area (Å²) in [6, 6.07) is 0.602. The standard InChI is InChI=1S/C14H23N3S.ClH/c1-11-16-13(10-18-11)14-3-2-8-17(14)9-12-4-6-15-7-5-12;/h10,12,14-15H,2-9H2,1H3;1H/t14-;/m1./s1. The quantitative estimate of drug-likeness (QED) is 0.930. The highest BCUT2D eigenvalue weighted by atomic mass is 35.5. The van der Waals surface area contributed by atoms with E-state index in [2.05, 4.69) is 22.5 Å². The largest absolute Gasteiger partial charge is 0.317 e. The molecule has 0 unspecified atom stereocenters. The van der Waals surface area contributed by atoms with E-state index in [1.54, 1.807) is 11.3 Å². The van der Waals surface area contributed by atoms with Crippen molar-refractivity contribution in [2.45, 2.75) is 38.6 Å². The van der Waals surface area contributed by atoms with Gasteiger partial charge >= 0.3 is 0 Å². The van der Waals surface area contributed by atoms with Crippen molar-refractivity contribution in [3.8, 4) is 0 Å². The van der Waals surface area contributed by atoms with Crippen molar-refractivity contribution in [1.82, 2.24) is 15.2 Å². The molecule has 2 aliphatic heterocycles. The van der Waals surface area contributed by atoms with Crippen LogP contribution in [0.1, 0.15) is 42.4 Å². The number of nitrogens with zero attached hydrogens (tertiary/aromatic N) is 2. The van der Waals surface area contributed by atoms with Crippen molar-refractivity contribution in [3.05, 3.63) is 16.1 Å². The number of piperidine rings is 1. The number of aromatic nitrogens is 1. The van der Waals surface area contributed by atoms with E-state index in [0.29, 0.717) is 6.04 Å². The van der Waals surface area contributed by atoms with Crippen LogP contribution < -0.4 is 5.32 Å². The first kappa shape index (κ1) is 15.2. The van der Waals surface area contributed by atoms with E-state index >= 15 is 0 Å². The molecule has 1 N–H and O–H groups in total. The molecule has 108 valence electrons. The van der Waals surface area contributed by atoms with Crippen molar-refractivity contribution in [2.75, 3.05) is 26.2 Å². The van der Waals surface area contributed by atoms with Gasteiger partial charge in [0.05, 0.1) is 16.7 Å². The monoisotopic (exact) mass is 301 g/mol. The third-order valence-electron chi connectivity index (χ3n) is 4.29. The lowest BCUT2D eigenvalue weighted by atomic mass is 9.97. The molecule has 3 rings (SSSR count). The molecule has 0 saturated carbocycles. The first-order chi connectivity index (χ1) is 8.83. The van der Waals surface area contributed by atoms with Gasteiger partial charge in [-0.3, -0.25) is 4.90 Å². The Labute approximate surface area is 126 Å². The number of thiazole rings is 1. The van der Waals surface area contributed by atoms with Crippen molar-refractivity contribution in [3.63, 3.8) is 0 Å². The summed E-state index contributed by atoms with van der Waals surface area (Å²) in [6.07, 6.45) is 5.33. The average Bonchev–Trinajstić information content (AvgIpc) is 2.99. The van der Waals surface area contributed by atoms with Crippen LogP contribution in [0.15, 0.2) is 5.38 Å². The molecule has 0 radical (unpaired) electrons. The van der Waals surface area contributed by atoms with E-state index in [-0.39, 0.29) is 12.4 Å². The number of rotatable bonds is 3. The summed E-state index contributed by atoms with van der Waals surface area (Å²) in [5.74, 6) is 0.895. The lowest BCUT2D eigenvalue weighted by Crippen LogP contribution is -2.36. The highest BCUT2D eigenvalue weighted by Crippen LogP contribution is 2.33. The maximum Gasteiger partial charge on any atom is 0.0898 e. The lowest BCUT2D eigenvalue weighted by molar-refractivity contribution is 0.191. The Bertz CT molecular complexity index is 390. The number of nitrogens with one attached hydrogen (secondary N) is 1. The number of hydrogen-bond acceptors (Lipinski definition) is 4. The van der Waals surface area contributed by atoms with Gasteiger partial charge in [-0.25, -0.2) is 4.98 Å². The molecule has 2 saturated heterocycles. The first-order valence-electron chi connectivity index (χ1n) is 7.20. The summed E-state index contributed by atoms with van der Waals surface area (Å²) in [5, 5.41) is 6.93. The normalized spacial score (nSPS) is 25.4. The number of aryl methyl sites for hydroxylation is 1. The van der Waals surface area contributed by atoms with Crippen molar-refractivity contribution in [2.24, 2.45) is 5.92 Å². The Balaban J connectivity index is 0.00000133. The number of likely N-dealkylation sites (tertiary alicyclic amines) is 1. The topological polar surface area (TPSA) is 28.2 Å². The van der Waals surface area contributed by atoms with Gasteiger partial charge in [0.2, 0.25) is 0 Å². The fourth-order valence-corrected chi connectivity index (χ4v) is 3.97. The second kappa shape index (κ2) is 7.02. The van der Waals surface area contributed by atoms with Gasteiger partial charge in [0.1, 0.15) is 0 Å². The Morgan fingerprint density at radius 2 is 2.16 bits per heavy atom. The van der Waals surface area contributed by atoms with E-state index in [0.717, 1.165) is 5.92 Å². The van der Waals surface area contributed by atoms with E-state index in [1.165, 1.54) is 62.6 Å². The summed E-state index contributed by atoms with van der Waals surface area (Å²) in [5.41, 5.74) is 1.32. The van der Waals surface area contributed by atoms with Crippen LogP contribution in [0.2, 0.25) is 0 Å². The zero-order valence-electron chi connectivity index (χ0n) is 11.6. The molecule has 0 aliphatic carbocycles. The molecule has 2 fully saturated rings. The Kier molecular flexibility index (Phi) is 5.63. The van der Waals surface area contributed by atoms with Crippen LogP contribution in [0.5, 0.6) is 0 Å². The summed E-state index contributed by atoms with van der Waals surface area (Å²) in [6.45, 7) is 7.08. The van der Waals surface area contributed by atoms with Crippen LogP contribution in [-0.2, 0) is 0 Å². The van der Waals surface area contributed by atoms with Gasteiger partial charge < -0.3 is 5.32 Å². The van der Waals surface area contributed by atoms with Gasteiger partial charge in [-0.15, -0.1) is 23.7 Å². The third-order valence-corrected chi connectivity index (χ3v) is 5.09. The average molecular weight is 302 g/mol. The van der Waals surface area contributed by atoms with Crippen LogP contribution in [0.25, 0.3) is 0 Å². The molecule has 1 aromatic heterocycles. The molecule has 0 aromatic carbocycles. The highest BCUT2D eigenvalue weighted by molar-refractivity contribution is 7.09. The maximum atomic E-state index is 4.70. The smallest absolute Gasteiger partial charge is 0.0898 e. The second-order valence-electron chi connectivity index (χ2n) is 5.64. The minimum atomic E-state index is 0. The van der Waals surface area contributed by atoms with Gasteiger partial charge in [0.15, 0.2) is 0 Å². The Hall–Kier alpha value is -0.160. The molecular weight excluding hydrogens is 278 g/mol. The minimum Gasteiger partial charge on any atom is -0.317 e. The first-order valence-corrected chi connectivity index (χ1v) is 8.07. The fraction of sp³-hybridized carbons (Fsp3) is 0.786. The van der Waals surface area contributed by atoms with Crippen LogP contribution in [-0.4, -0.2) is 36.1 Å². The molecule has 3 nitrogen and oxygen atoms in total. The third kappa shape index (κ3) is 3.69. The molecule has 19 heavy (non-hydrogen) atoms. The molecule has 3 heterocycles. The molecular formula is C14H24ClN3S. The van der Waals surface area contributed by atoms with Gasteiger partial charge in [0, 0.05) is 11.9 Å². The van der Waals surface area contributed by atoms with Gasteiger partial charge in [-0.1, -0.05) is 0 Å². The van der Waals surface area contributed by atoms with E-state index in [9.17, 15) is 0 Å². The maximum absolute atomic E-state index is 4.70. The number of hydrogen-bond donors (Lipinski definition) is 1. The molecule has 0 amide bonds. The molecule has 1 atom stereocenters. The van der Waals surface area contributed by atoms with Crippen LogP contribution in [0.4, 0.5) is 0 Å². The highest BCUT2D eigenvalue weighted by Gasteiger charge is 2.29. The molecule has 2 aliphatic rings. The van der Waals surface area contributed by atoms with Crippen molar-refractivity contribution >= 4 is 23.7 Å². The summed E-state index contributed by atoms with van der Waals surface area (Å²) in [4.78, 5) is 7.39. The predicted molar refractivity (Wildman–Crippen MR) is 83.2 cm³/mol. The molecule has 1 aromatic rings. The van der Waals surface area contributed by atoms with Crippen molar-refractivity contribution < 1.29 is 0 Å². The molecule has 0 bridgehead atoms. The summed E-state index contributed by atoms with van der Waals surface area (Å²) in [7, 11) is 0. The van der Waals surface area contributed by atoms with Crippen LogP contribution in [0, 0.1) is 12.8 Å². The van der Waals surface area contributed by atoms with Gasteiger partial charge in [0.25, 0.3) is 0 Å². The second-order valence-corrected chi connectivity index (χ2v) is 6.70. The van der Waals surface area contributed by atoms with E-state index < -0.39 is 0 Å². The molecule has 5 heteroatoms. The minimum absolute atomic E-state index is 0. The van der Waals surface area contributed by atoms with Gasteiger partial charge in [-0.05, 0) is 58.2 Å². The zero-order chi connectivity index (χ0) is 12.4. The number of halogens is 1. The predicted octanol–water partition coefficient (Wildman–Crippen LogP) is 3.01. The SMILES string of the molecule is Cc1nc([C@H]2CCCN2CC2CCNCC2)cs1.Cl. The Morgan fingerprint density at radius 1 is 1.37 bits per heavy atom. The Morgan fingerprint density at radius 3 is 2.84 bits per heavy atom. The van der Waals surface area contributed by atoms with Crippen LogP contribution >= 0.6 is 23.7 Å². The lowest BCUT2D eigenvalue weighted by Gasteiger charge is -2.30. The van der Waals surface area contributed by atoms with E-state index in [4.69, 9.17) is 4.98 Å². The molecule has 0 spiro atoms. The zero-order valence-corrected chi connectivity index (χ0v) is 13.2. The van der Waals surface area contributed by atoms with Crippen LogP contribution in [0.3, 0.4) is 0 Å².